The van der Waals surface area contributed by atoms with Crippen molar-refractivity contribution in [3.05, 3.63) is 59.0 Å². The Labute approximate surface area is 156 Å². The van der Waals surface area contributed by atoms with Gasteiger partial charge in [0.2, 0.25) is 0 Å². The topological polar surface area (TPSA) is 99.5 Å². The lowest BCUT2D eigenvalue weighted by atomic mass is 10.2. The van der Waals surface area contributed by atoms with Crippen LogP contribution in [-0.4, -0.2) is 27.7 Å². The number of furan rings is 1. The highest BCUT2D eigenvalue weighted by molar-refractivity contribution is 5.97. The Bertz CT molecular complexity index is 952. The number of nitrogens with zero attached hydrogens (tertiary/aromatic N) is 2. The summed E-state index contributed by atoms with van der Waals surface area (Å²) < 4.78 is 17.5. The summed E-state index contributed by atoms with van der Waals surface area (Å²) in [5.74, 6) is 0.581. The molecule has 0 fully saturated rings. The first-order chi connectivity index (χ1) is 12.8. The van der Waals surface area contributed by atoms with Gasteiger partial charge in [0, 0.05) is 17.5 Å². The average Bonchev–Trinajstić information content (AvgIpc) is 3.33. The minimum Gasteiger partial charge on any atom is -0.467 e. The third-order valence-electron chi connectivity index (χ3n) is 4.22. The maximum absolute atomic E-state index is 12.5. The molecule has 3 rings (SSSR count). The molecule has 1 atom stereocenters. The number of ether oxygens (including phenoxy) is 1. The molecule has 27 heavy (non-hydrogen) atoms. The Morgan fingerprint density at radius 3 is 2.70 bits per heavy atom. The first kappa shape index (κ1) is 18.5. The van der Waals surface area contributed by atoms with Gasteiger partial charge in [0.05, 0.1) is 18.4 Å². The molecule has 3 aromatic heterocycles. The number of rotatable bonds is 6. The van der Waals surface area contributed by atoms with Gasteiger partial charge in [-0.2, -0.15) is 0 Å². The van der Waals surface area contributed by atoms with Gasteiger partial charge in [-0.15, -0.1) is 0 Å². The van der Waals surface area contributed by atoms with Crippen LogP contribution in [0.15, 0.2) is 39.5 Å². The van der Waals surface area contributed by atoms with Crippen LogP contribution in [0.4, 0.5) is 5.82 Å². The molecule has 0 aliphatic rings. The summed E-state index contributed by atoms with van der Waals surface area (Å²) in [6.07, 6.45) is 0.623. The first-order valence-corrected chi connectivity index (χ1v) is 8.49. The van der Waals surface area contributed by atoms with E-state index in [1.54, 1.807) is 25.3 Å². The van der Waals surface area contributed by atoms with Gasteiger partial charge in [0.25, 0.3) is 5.91 Å². The summed E-state index contributed by atoms with van der Waals surface area (Å²) in [5, 5.41) is 6.22. The third-order valence-corrected chi connectivity index (χ3v) is 4.22. The largest absolute Gasteiger partial charge is 0.467 e. The average molecular weight is 371 g/mol. The highest BCUT2D eigenvalue weighted by Crippen LogP contribution is 2.19. The van der Waals surface area contributed by atoms with Crippen LogP contribution in [0, 0.1) is 20.8 Å². The van der Waals surface area contributed by atoms with Crippen LogP contribution in [0.2, 0.25) is 0 Å². The van der Waals surface area contributed by atoms with Gasteiger partial charge in [-0.3, -0.25) is 4.79 Å². The standard InChI is InChI=1S/C19H21N3O5/c1-11-8-16(13(3)22(11)10-15-6-5-7-25-15)19(24)26-14(4)18(23)20-17-9-12(2)27-21-17/h5-9,14H,10H2,1-4H3,(H,20,21,23)/t14-/m1/s1. The number of amides is 1. The molecule has 0 saturated carbocycles. The summed E-state index contributed by atoms with van der Waals surface area (Å²) in [6, 6.07) is 7.01. The molecule has 0 spiro atoms. The van der Waals surface area contributed by atoms with Gasteiger partial charge in [0.1, 0.15) is 11.5 Å². The van der Waals surface area contributed by atoms with E-state index in [-0.39, 0.29) is 5.82 Å². The second-order valence-electron chi connectivity index (χ2n) is 6.31. The minimum absolute atomic E-state index is 0.275. The molecule has 0 aliphatic heterocycles. The van der Waals surface area contributed by atoms with Gasteiger partial charge >= 0.3 is 5.97 Å². The normalized spacial score (nSPS) is 12.0. The zero-order valence-electron chi connectivity index (χ0n) is 15.6. The Morgan fingerprint density at radius 1 is 1.30 bits per heavy atom. The van der Waals surface area contributed by atoms with E-state index < -0.39 is 18.0 Å². The SMILES string of the molecule is Cc1cc(NC(=O)[C@@H](C)OC(=O)c2cc(C)n(Cc3ccco3)c2C)no1. The maximum Gasteiger partial charge on any atom is 0.340 e. The fourth-order valence-electron chi connectivity index (χ4n) is 2.74. The summed E-state index contributed by atoms with van der Waals surface area (Å²) in [6.45, 7) is 7.46. The number of carbonyl (C=O) groups excluding carboxylic acids is 2. The molecule has 142 valence electrons. The molecule has 8 heteroatoms. The predicted octanol–water partition coefficient (Wildman–Crippen LogP) is 3.23. The second-order valence-corrected chi connectivity index (χ2v) is 6.31. The smallest absolute Gasteiger partial charge is 0.340 e. The minimum atomic E-state index is -0.984. The van der Waals surface area contributed by atoms with Crippen LogP contribution in [-0.2, 0) is 16.1 Å². The van der Waals surface area contributed by atoms with Gasteiger partial charge in [-0.25, -0.2) is 4.79 Å². The molecular weight excluding hydrogens is 350 g/mol. The first-order valence-electron chi connectivity index (χ1n) is 8.49. The van der Waals surface area contributed by atoms with Crippen molar-refractivity contribution in [2.24, 2.45) is 0 Å². The Morgan fingerprint density at radius 2 is 2.07 bits per heavy atom. The highest BCUT2D eigenvalue weighted by Gasteiger charge is 2.23. The fourth-order valence-corrected chi connectivity index (χ4v) is 2.74. The number of aromatic nitrogens is 2. The molecular formula is C19H21N3O5. The molecule has 0 aliphatic carbocycles. The van der Waals surface area contributed by atoms with Crippen molar-refractivity contribution < 1.29 is 23.3 Å². The van der Waals surface area contributed by atoms with Crippen molar-refractivity contribution in [2.75, 3.05) is 5.32 Å². The molecule has 1 N–H and O–H groups in total. The number of aryl methyl sites for hydroxylation is 2. The van der Waals surface area contributed by atoms with Crippen LogP contribution in [0.3, 0.4) is 0 Å². The third kappa shape index (κ3) is 4.11. The molecule has 0 saturated heterocycles. The molecule has 1 amide bonds. The number of esters is 1. The molecule has 0 bridgehead atoms. The molecule has 3 aromatic rings. The van der Waals surface area contributed by atoms with Gasteiger partial charge in [-0.05, 0) is 45.9 Å². The lowest BCUT2D eigenvalue weighted by Gasteiger charge is -2.12. The van der Waals surface area contributed by atoms with Crippen molar-refractivity contribution in [3.63, 3.8) is 0 Å². The van der Waals surface area contributed by atoms with E-state index in [0.717, 1.165) is 17.1 Å². The Balaban J connectivity index is 1.67. The van der Waals surface area contributed by atoms with E-state index in [1.165, 1.54) is 6.92 Å². The van der Waals surface area contributed by atoms with Crippen molar-refractivity contribution in [1.29, 1.82) is 0 Å². The lowest BCUT2D eigenvalue weighted by molar-refractivity contribution is -0.123. The Hall–Kier alpha value is -3.29. The lowest BCUT2D eigenvalue weighted by Crippen LogP contribution is -2.30. The number of anilines is 1. The monoisotopic (exact) mass is 371 g/mol. The Kier molecular flexibility index (Phi) is 5.16. The summed E-state index contributed by atoms with van der Waals surface area (Å²) >= 11 is 0. The van der Waals surface area contributed by atoms with Gasteiger partial charge in [-0.1, -0.05) is 5.16 Å². The van der Waals surface area contributed by atoms with Crippen molar-refractivity contribution in [2.45, 2.75) is 40.3 Å². The van der Waals surface area contributed by atoms with Crippen LogP contribution in [0.1, 0.15) is 40.2 Å². The molecule has 0 unspecified atom stereocenters. The number of hydrogen-bond acceptors (Lipinski definition) is 6. The zero-order valence-corrected chi connectivity index (χ0v) is 15.6. The summed E-state index contributed by atoms with van der Waals surface area (Å²) in [5.41, 5.74) is 2.05. The van der Waals surface area contributed by atoms with E-state index in [2.05, 4.69) is 10.5 Å². The van der Waals surface area contributed by atoms with E-state index in [9.17, 15) is 9.59 Å². The van der Waals surface area contributed by atoms with E-state index in [0.29, 0.717) is 17.9 Å². The number of carbonyl (C=O) groups is 2. The van der Waals surface area contributed by atoms with Crippen molar-refractivity contribution >= 4 is 17.7 Å². The van der Waals surface area contributed by atoms with Crippen molar-refractivity contribution in [1.82, 2.24) is 9.72 Å². The highest BCUT2D eigenvalue weighted by atomic mass is 16.5. The molecule has 0 aromatic carbocycles. The number of hydrogen-bond donors (Lipinski definition) is 1. The van der Waals surface area contributed by atoms with Crippen molar-refractivity contribution in [3.8, 4) is 0 Å². The molecule has 3 heterocycles. The van der Waals surface area contributed by atoms with Gasteiger partial charge < -0.3 is 23.6 Å². The quantitative estimate of drug-likeness (QED) is 0.668. The molecule has 0 radical (unpaired) electrons. The van der Waals surface area contributed by atoms with E-state index in [4.69, 9.17) is 13.7 Å². The summed E-state index contributed by atoms with van der Waals surface area (Å²) in [4.78, 5) is 24.7. The number of nitrogens with one attached hydrogen (secondary N) is 1. The van der Waals surface area contributed by atoms with Crippen LogP contribution >= 0.6 is 0 Å². The van der Waals surface area contributed by atoms with E-state index >= 15 is 0 Å². The maximum atomic E-state index is 12.5. The summed E-state index contributed by atoms with van der Waals surface area (Å²) in [7, 11) is 0. The molecule has 8 nitrogen and oxygen atoms in total. The zero-order chi connectivity index (χ0) is 19.6. The van der Waals surface area contributed by atoms with E-state index in [1.807, 2.05) is 30.5 Å². The van der Waals surface area contributed by atoms with Crippen LogP contribution in [0.5, 0.6) is 0 Å². The fraction of sp³-hybridized carbons (Fsp3) is 0.316. The second kappa shape index (κ2) is 7.53. The van der Waals surface area contributed by atoms with Crippen LogP contribution < -0.4 is 5.32 Å². The predicted molar refractivity (Wildman–Crippen MR) is 96.5 cm³/mol. The van der Waals surface area contributed by atoms with Crippen LogP contribution in [0.25, 0.3) is 0 Å². The van der Waals surface area contributed by atoms with Gasteiger partial charge in [0.15, 0.2) is 11.9 Å².